The van der Waals surface area contributed by atoms with Gasteiger partial charge in [0.1, 0.15) is 18.0 Å². The summed E-state index contributed by atoms with van der Waals surface area (Å²) in [5.41, 5.74) is 0.462. The summed E-state index contributed by atoms with van der Waals surface area (Å²) in [6.07, 6.45) is 0. The molecule has 0 atom stereocenters. The molecule has 1 N–H and O–H groups in total. The van der Waals surface area contributed by atoms with Crippen molar-refractivity contribution >= 4 is 21.6 Å². The number of halogens is 2. The van der Waals surface area contributed by atoms with E-state index in [4.69, 9.17) is 4.74 Å². The van der Waals surface area contributed by atoms with Crippen LogP contribution in [0.1, 0.15) is 0 Å². The first kappa shape index (κ1) is 7.86. The lowest BCUT2D eigenvalue weighted by Gasteiger charge is -2.19. The van der Waals surface area contributed by atoms with Crippen molar-refractivity contribution < 1.29 is 9.13 Å². The van der Waals surface area contributed by atoms with Gasteiger partial charge >= 0.3 is 0 Å². The molecule has 1 heterocycles. The first-order valence-electron chi connectivity index (χ1n) is 3.63. The number of benzene rings is 1. The fourth-order valence-electron chi connectivity index (χ4n) is 1.17. The van der Waals surface area contributed by atoms with Crippen molar-refractivity contribution in [3.8, 4) is 5.75 Å². The maximum atomic E-state index is 13.2. The SMILES string of the molecule is Fc1cc(Br)cc2c1NCCO2. The highest BCUT2D eigenvalue weighted by molar-refractivity contribution is 9.10. The highest BCUT2D eigenvalue weighted by Crippen LogP contribution is 2.33. The second-order valence-corrected chi connectivity index (χ2v) is 3.45. The molecule has 2 nitrogen and oxygen atoms in total. The third kappa shape index (κ3) is 1.27. The van der Waals surface area contributed by atoms with E-state index in [-0.39, 0.29) is 5.82 Å². The van der Waals surface area contributed by atoms with Crippen LogP contribution in [0.2, 0.25) is 0 Å². The summed E-state index contributed by atoms with van der Waals surface area (Å²) < 4.78 is 19.1. The summed E-state index contributed by atoms with van der Waals surface area (Å²) >= 11 is 3.19. The van der Waals surface area contributed by atoms with Gasteiger partial charge in [-0.3, -0.25) is 0 Å². The first-order valence-corrected chi connectivity index (χ1v) is 4.42. The summed E-state index contributed by atoms with van der Waals surface area (Å²) in [4.78, 5) is 0. The van der Waals surface area contributed by atoms with Crippen LogP contribution in [0.5, 0.6) is 5.75 Å². The van der Waals surface area contributed by atoms with E-state index in [9.17, 15) is 4.39 Å². The number of nitrogens with one attached hydrogen (secondary N) is 1. The number of ether oxygens (including phenoxy) is 1. The summed E-state index contributed by atoms with van der Waals surface area (Å²) in [6, 6.07) is 3.17. The molecule has 0 aliphatic carbocycles. The van der Waals surface area contributed by atoms with E-state index in [2.05, 4.69) is 21.2 Å². The molecule has 0 amide bonds. The molecule has 0 spiro atoms. The lowest BCUT2D eigenvalue weighted by molar-refractivity contribution is 0.320. The lowest BCUT2D eigenvalue weighted by Crippen LogP contribution is -2.18. The first-order chi connectivity index (χ1) is 5.77. The topological polar surface area (TPSA) is 21.3 Å². The molecule has 1 aliphatic heterocycles. The molecule has 1 aliphatic rings. The van der Waals surface area contributed by atoms with Crippen LogP contribution in [0.4, 0.5) is 10.1 Å². The molecule has 0 unspecified atom stereocenters. The average molecular weight is 232 g/mol. The number of fused-ring (bicyclic) bond motifs is 1. The van der Waals surface area contributed by atoms with Gasteiger partial charge in [0.2, 0.25) is 0 Å². The highest BCUT2D eigenvalue weighted by Gasteiger charge is 2.14. The number of rotatable bonds is 0. The van der Waals surface area contributed by atoms with Crippen LogP contribution in [0, 0.1) is 5.82 Å². The largest absolute Gasteiger partial charge is 0.489 e. The zero-order chi connectivity index (χ0) is 8.55. The van der Waals surface area contributed by atoms with Crippen molar-refractivity contribution in [1.29, 1.82) is 0 Å². The maximum absolute atomic E-state index is 13.2. The maximum Gasteiger partial charge on any atom is 0.151 e. The van der Waals surface area contributed by atoms with E-state index in [0.717, 1.165) is 0 Å². The molecule has 0 radical (unpaired) electrons. The van der Waals surface area contributed by atoms with Crippen molar-refractivity contribution in [3.05, 3.63) is 22.4 Å². The molecular formula is C8H7BrFNO. The van der Waals surface area contributed by atoms with Gasteiger partial charge in [0.25, 0.3) is 0 Å². The predicted molar refractivity (Wildman–Crippen MR) is 48.1 cm³/mol. The zero-order valence-corrected chi connectivity index (χ0v) is 7.82. The average Bonchev–Trinajstić information content (AvgIpc) is 2.04. The third-order valence-electron chi connectivity index (χ3n) is 1.68. The van der Waals surface area contributed by atoms with Crippen LogP contribution in [-0.4, -0.2) is 13.2 Å². The van der Waals surface area contributed by atoms with Crippen molar-refractivity contribution in [2.45, 2.75) is 0 Å². The minimum absolute atomic E-state index is 0.279. The number of hydrogen-bond donors (Lipinski definition) is 1. The lowest BCUT2D eigenvalue weighted by atomic mass is 10.2. The molecule has 1 aromatic carbocycles. The second-order valence-electron chi connectivity index (χ2n) is 2.54. The Kier molecular flexibility index (Phi) is 1.92. The fourth-order valence-corrected chi connectivity index (χ4v) is 1.58. The molecule has 0 aromatic heterocycles. The summed E-state index contributed by atoms with van der Waals surface area (Å²) in [5.74, 6) is 0.298. The van der Waals surface area contributed by atoms with Crippen LogP contribution >= 0.6 is 15.9 Å². The van der Waals surface area contributed by atoms with E-state index in [1.807, 2.05) is 0 Å². The van der Waals surface area contributed by atoms with Gasteiger partial charge in [-0.2, -0.15) is 0 Å². The highest BCUT2D eigenvalue weighted by atomic mass is 79.9. The summed E-state index contributed by atoms with van der Waals surface area (Å²) in [6.45, 7) is 1.24. The zero-order valence-electron chi connectivity index (χ0n) is 6.23. The van der Waals surface area contributed by atoms with Crippen molar-refractivity contribution in [3.63, 3.8) is 0 Å². The molecule has 2 rings (SSSR count). The predicted octanol–water partition coefficient (Wildman–Crippen LogP) is 2.39. The number of hydrogen-bond acceptors (Lipinski definition) is 2. The molecule has 0 bridgehead atoms. The Morgan fingerprint density at radius 2 is 2.33 bits per heavy atom. The van der Waals surface area contributed by atoms with Crippen molar-refractivity contribution in [2.24, 2.45) is 0 Å². The van der Waals surface area contributed by atoms with Crippen LogP contribution < -0.4 is 10.1 Å². The minimum atomic E-state index is -0.279. The Balaban J connectivity index is 2.53. The normalized spacial score (nSPS) is 14.5. The molecule has 0 fully saturated rings. The molecule has 64 valence electrons. The van der Waals surface area contributed by atoms with E-state index in [0.29, 0.717) is 29.1 Å². The van der Waals surface area contributed by atoms with Gasteiger partial charge < -0.3 is 10.1 Å². The summed E-state index contributed by atoms with van der Waals surface area (Å²) in [7, 11) is 0. The van der Waals surface area contributed by atoms with Gasteiger partial charge in [0.05, 0.1) is 0 Å². The van der Waals surface area contributed by atoms with E-state index < -0.39 is 0 Å². The van der Waals surface area contributed by atoms with Gasteiger partial charge in [0.15, 0.2) is 5.82 Å². The molecule has 1 aromatic rings. The second kappa shape index (κ2) is 2.94. The van der Waals surface area contributed by atoms with Crippen LogP contribution in [0.25, 0.3) is 0 Å². The van der Waals surface area contributed by atoms with Gasteiger partial charge in [-0.05, 0) is 12.1 Å². The van der Waals surface area contributed by atoms with E-state index in [1.165, 1.54) is 6.07 Å². The Hall–Kier alpha value is -0.770. The van der Waals surface area contributed by atoms with Crippen LogP contribution in [-0.2, 0) is 0 Å². The molecular weight excluding hydrogens is 225 g/mol. The molecule has 4 heteroatoms. The smallest absolute Gasteiger partial charge is 0.151 e. The van der Waals surface area contributed by atoms with Crippen molar-refractivity contribution in [1.82, 2.24) is 0 Å². The third-order valence-corrected chi connectivity index (χ3v) is 2.14. The minimum Gasteiger partial charge on any atom is -0.489 e. The van der Waals surface area contributed by atoms with Crippen LogP contribution in [0.3, 0.4) is 0 Å². The Morgan fingerprint density at radius 1 is 1.50 bits per heavy atom. The van der Waals surface area contributed by atoms with Crippen molar-refractivity contribution in [2.75, 3.05) is 18.5 Å². The number of anilines is 1. The molecule has 0 saturated carbocycles. The van der Waals surface area contributed by atoms with E-state index in [1.54, 1.807) is 6.07 Å². The van der Waals surface area contributed by atoms with Gasteiger partial charge in [-0.1, -0.05) is 15.9 Å². The standard InChI is InChI=1S/C8H7BrFNO/c9-5-3-6(10)8-7(4-5)12-2-1-11-8/h3-4,11H,1-2H2. The monoisotopic (exact) mass is 231 g/mol. The van der Waals surface area contributed by atoms with E-state index >= 15 is 0 Å². The molecule has 0 saturated heterocycles. The molecule has 12 heavy (non-hydrogen) atoms. The van der Waals surface area contributed by atoms with Gasteiger partial charge in [-0.25, -0.2) is 4.39 Å². The van der Waals surface area contributed by atoms with Gasteiger partial charge in [0, 0.05) is 11.0 Å². The Labute approximate surface area is 77.9 Å². The Morgan fingerprint density at radius 3 is 3.17 bits per heavy atom. The van der Waals surface area contributed by atoms with Crippen LogP contribution in [0.15, 0.2) is 16.6 Å². The fraction of sp³-hybridized carbons (Fsp3) is 0.250. The van der Waals surface area contributed by atoms with Gasteiger partial charge in [-0.15, -0.1) is 0 Å². The quantitative estimate of drug-likeness (QED) is 0.741. The summed E-state index contributed by atoms with van der Waals surface area (Å²) in [5, 5.41) is 2.94. The Bertz CT molecular complexity index is 316.